The Kier molecular flexibility index (Phi) is 8.22. The van der Waals surface area contributed by atoms with Crippen molar-refractivity contribution in [2.24, 2.45) is 11.3 Å². The van der Waals surface area contributed by atoms with Crippen LogP contribution in [0, 0.1) is 22.6 Å². The largest absolute Gasteiger partial charge is 0.593 e. The lowest BCUT2D eigenvalue weighted by Gasteiger charge is -2.46. The molecule has 2 saturated heterocycles. The summed E-state index contributed by atoms with van der Waals surface area (Å²) in [7, 11) is 0. The van der Waals surface area contributed by atoms with Crippen molar-refractivity contribution >= 4 is 29.1 Å². The standard InChI is InChI=1S/C30H36FN5O3S/c31-25-3-5-26(6-4-25)34-28-15-24-9-10-36(20-30(24,16-23(28)17-32)21-39-19-22-1-2-22)40(37)27-7-8-29(33-18-27)35-11-13-38-14-12-35/h3-8,15,17-18,22,32,34H,1-2,9-14,16,19-21H2/t30-,40?/m1/s1. The van der Waals surface area contributed by atoms with Crippen LogP contribution in [0.4, 0.5) is 15.9 Å². The van der Waals surface area contributed by atoms with Gasteiger partial charge in [0.05, 0.1) is 43.9 Å². The monoisotopic (exact) mass is 565 g/mol. The minimum Gasteiger partial charge on any atom is -0.593 e. The van der Waals surface area contributed by atoms with E-state index in [-0.39, 0.29) is 11.2 Å². The number of halogens is 1. The van der Waals surface area contributed by atoms with Crippen LogP contribution in [0.25, 0.3) is 0 Å². The van der Waals surface area contributed by atoms with E-state index in [2.05, 4.69) is 21.3 Å². The number of piperidine rings is 1. The molecular weight excluding hydrogens is 529 g/mol. The maximum Gasteiger partial charge on any atom is 0.192 e. The number of allylic oxidation sites excluding steroid dienone is 2. The Morgan fingerprint density at radius 3 is 2.67 bits per heavy atom. The summed E-state index contributed by atoms with van der Waals surface area (Å²) >= 11 is -1.36. The summed E-state index contributed by atoms with van der Waals surface area (Å²) < 4.78 is 41.0. The third kappa shape index (κ3) is 6.11. The predicted molar refractivity (Wildman–Crippen MR) is 154 cm³/mol. The zero-order chi connectivity index (χ0) is 27.5. The maximum absolute atomic E-state index is 13.8. The van der Waals surface area contributed by atoms with Crippen molar-refractivity contribution in [2.75, 3.05) is 62.8 Å². The first-order chi connectivity index (χ1) is 19.5. The average Bonchev–Trinajstić information content (AvgIpc) is 3.82. The molecule has 3 fully saturated rings. The molecule has 6 rings (SSSR count). The van der Waals surface area contributed by atoms with Gasteiger partial charge < -0.3 is 29.7 Å². The number of benzene rings is 1. The van der Waals surface area contributed by atoms with Gasteiger partial charge in [-0.2, -0.15) is 0 Å². The number of nitrogens with zero attached hydrogens (tertiary/aromatic N) is 3. The summed E-state index contributed by atoms with van der Waals surface area (Å²) in [6.45, 7) is 5.49. The number of ether oxygens (including phenoxy) is 2. The van der Waals surface area contributed by atoms with Gasteiger partial charge in [0, 0.05) is 55.3 Å². The third-order valence-electron chi connectivity index (χ3n) is 8.20. The third-order valence-corrected chi connectivity index (χ3v) is 9.63. The smallest absolute Gasteiger partial charge is 0.192 e. The summed E-state index contributed by atoms with van der Waals surface area (Å²) in [5, 5.41) is 11.6. The second kappa shape index (κ2) is 12.0. The number of aromatic nitrogens is 1. The first kappa shape index (κ1) is 27.4. The molecule has 1 aromatic carbocycles. The number of morpholine rings is 1. The van der Waals surface area contributed by atoms with Crippen molar-refractivity contribution < 1.29 is 18.4 Å². The molecule has 3 heterocycles. The van der Waals surface area contributed by atoms with E-state index in [0.717, 1.165) is 48.9 Å². The maximum atomic E-state index is 13.8. The van der Waals surface area contributed by atoms with Crippen LogP contribution < -0.4 is 10.2 Å². The molecule has 0 bridgehead atoms. The average molecular weight is 566 g/mol. The van der Waals surface area contributed by atoms with E-state index in [4.69, 9.17) is 14.9 Å². The van der Waals surface area contributed by atoms with Crippen LogP contribution >= 0.6 is 0 Å². The van der Waals surface area contributed by atoms with E-state index >= 15 is 0 Å². The van der Waals surface area contributed by atoms with Crippen molar-refractivity contribution in [1.82, 2.24) is 9.29 Å². The van der Waals surface area contributed by atoms with Gasteiger partial charge in [-0.25, -0.2) is 9.37 Å². The van der Waals surface area contributed by atoms with Gasteiger partial charge in [-0.15, -0.1) is 4.31 Å². The summed E-state index contributed by atoms with van der Waals surface area (Å²) in [6, 6.07) is 10.1. The Morgan fingerprint density at radius 1 is 1.18 bits per heavy atom. The van der Waals surface area contributed by atoms with Crippen LogP contribution in [0.3, 0.4) is 0 Å². The summed E-state index contributed by atoms with van der Waals surface area (Å²) in [5.74, 6) is 1.24. The molecule has 2 aliphatic heterocycles. The van der Waals surface area contributed by atoms with Crippen LogP contribution in [0.15, 0.2) is 70.4 Å². The Labute approximate surface area is 238 Å². The highest BCUT2D eigenvalue weighted by Crippen LogP contribution is 2.46. The lowest BCUT2D eigenvalue weighted by Crippen LogP contribution is -2.51. The summed E-state index contributed by atoms with van der Waals surface area (Å²) in [4.78, 5) is 7.50. The molecule has 1 aromatic heterocycles. The van der Waals surface area contributed by atoms with Crippen LogP contribution in [0.5, 0.6) is 0 Å². The quantitative estimate of drug-likeness (QED) is 0.322. The molecule has 2 atom stereocenters. The van der Waals surface area contributed by atoms with Crippen molar-refractivity contribution in [2.45, 2.75) is 30.6 Å². The van der Waals surface area contributed by atoms with E-state index in [1.54, 1.807) is 18.3 Å². The van der Waals surface area contributed by atoms with Crippen molar-refractivity contribution in [1.29, 1.82) is 5.41 Å². The van der Waals surface area contributed by atoms with Crippen molar-refractivity contribution in [3.63, 3.8) is 0 Å². The second-order valence-electron chi connectivity index (χ2n) is 11.1. The van der Waals surface area contributed by atoms with Crippen LogP contribution in [0.2, 0.25) is 0 Å². The first-order valence-corrected chi connectivity index (χ1v) is 15.1. The molecule has 2 N–H and O–H groups in total. The number of pyridine rings is 1. The van der Waals surface area contributed by atoms with Gasteiger partial charge in [0.1, 0.15) is 11.6 Å². The first-order valence-electron chi connectivity index (χ1n) is 14.0. The highest BCUT2D eigenvalue weighted by molar-refractivity contribution is 7.89. The molecular formula is C30H36FN5O3S. The fraction of sp³-hybridized carbons (Fsp3) is 0.467. The zero-order valence-corrected chi connectivity index (χ0v) is 23.4. The van der Waals surface area contributed by atoms with Crippen molar-refractivity contribution in [3.8, 4) is 0 Å². The molecule has 4 aliphatic rings. The second-order valence-corrected chi connectivity index (χ2v) is 12.6. The van der Waals surface area contributed by atoms with Gasteiger partial charge in [0.2, 0.25) is 0 Å². The van der Waals surface area contributed by atoms with Crippen LogP contribution in [-0.4, -0.2) is 72.7 Å². The molecule has 8 nitrogen and oxygen atoms in total. The molecule has 1 unspecified atom stereocenters. The molecule has 0 spiro atoms. The molecule has 0 radical (unpaired) electrons. The number of hydrogen-bond acceptors (Lipinski definition) is 8. The minimum absolute atomic E-state index is 0.285. The van der Waals surface area contributed by atoms with Crippen LogP contribution in [0.1, 0.15) is 25.7 Å². The molecule has 212 valence electrons. The van der Waals surface area contributed by atoms with E-state index < -0.39 is 11.4 Å². The molecule has 2 aromatic rings. The molecule has 40 heavy (non-hydrogen) atoms. The number of hydrogen-bond donors (Lipinski definition) is 2. The fourth-order valence-corrected chi connectivity index (χ4v) is 6.97. The van der Waals surface area contributed by atoms with Gasteiger partial charge >= 0.3 is 0 Å². The van der Waals surface area contributed by atoms with Crippen LogP contribution in [-0.2, 0) is 20.8 Å². The van der Waals surface area contributed by atoms with Gasteiger partial charge in [-0.3, -0.25) is 0 Å². The summed E-state index contributed by atoms with van der Waals surface area (Å²) in [6.07, 6.45) is 9.05. The van der Waals surface area contributed by atoms with E-state index in [1.165, 1.54) is 36.8 Å². The number of fused-ring (bicyclic) bond motifs is 1. The van der Waals surface area contributed by atoms with E-state index in [0.29, 0.717) is 50.1 Å². The Balaban J connectivity index is 1.21. The van der Waals surface area contributed by atoms with Gasteiger partial charge in [0.25, 0.3) is 0 Å². The van der Waals surface area contributed by atoms with E-state index in [1.807, 2.05) is 16.4 Å². The molecule has 1 saturated carbocycles. The number of rotatable bonds is 10. The predicted octanol–water partition coefficient (Wildman–Crippen LogP) is 4.54. The lowest BCUT2D eigenvalue weighted by atomic mass is 9.69. The van der Waals surface area contributed by atoms with Crippen molar-refractivity contribution in [3.05, 3.63) is 71.3 Å². The highest BCUT2D eigenvalue weighted by Gasteiger charge is 2.46. The number of anilines is 2. The number of nitrogens with one attached hydrogen (secondary N) is 2. The molecule has 2 aliphatic carbocycles. The Bertz CT molecular complexity index is 1260. The minimum atomic E-state index is -1.36. The normalized spacial score (nSPS) is 24.4. The summed E-state index contributed by atoms with van der Waals surface area (Å²) in [5.41, 5.74) is 3.36. The zero-order valence-electron chi connectivity index (χ0n) is 22.6. The fourth-order valence-electron chi connectivity index (χ4n) is 5.72. The van der Waals surface area contributed by atoms with Gasteiger partial charge in [-0.05, 0) is 73.6 Å². The lowest BCUT2D eigenvalue weighted by molar-refractivity contribution is 0.0357. The Hall–Kier alpha value is -2.76. The topological polar surface area (TPSA) is 96.8 Å². The Morgan fingerprint density at radius 2 is 1.98 bits per heavy atom. The molecule has 10 heteroatoms. The highest BCUT2D eigenvalue weighted by atomic mass is 32.2. The van der Waals surface area contributed by atoms with E-state index in [9.17, 15) is 8.94 Å². The van der Waals surface area contributed by atoms with Gasteiger partial charge in [0.15, 0.2) is 4.90 Å². The van der Waals surface area contributed by atoms with Gasteiger partial charge in [-0.1, -0.05) is 5.57 Å². The SMILES string of the molecule is N=CC1=C(Nc2ccc(F)cc2)C=C2CCN([S+]([O-])c3ccc(N4CCOCC4)nc3)C[C@@]2(COCC2CC2)C1. The molecule has 0 amide bonds.